The summed E-state index contributed by atoms with van der Waals surface area (Å²) in [6.45, 7) is 4.84. The van der Waals surface area contributed by atoms with Crippen molar-refractivity contribution >= 4 is 23.5 Å². The minimum absolute atomic E-state index is 0.00846. The first-order chi connectivity index (χ1) is 16.5. The molecule has 1 fully saturated rings. The van der Waals surface area contributed by atoms with Gasteiger partial charge in [0.05, 0.1) is 18.7 Å². The molecule has 0 aromatic heterocycles. The number of carbonyl (C=O) groups excluding carboxylic acids is 1. The van der Waals surface area contributed by atoms with Crippen LogP contribution < -0.4 is 10.6 Å². The zero-order chi connectivity index (χ0) is 24.2. The summed E-state index contributed by atoms with van der Waals surface area (Å²) < 4.78 is 4.96. The van der Waals surface area contributed by atoms with Gasteiger partial charge in [0, 0.05) is 52.1 Å². The maximum atomic E-state index is 12.1. The first-order valence-corrected chi connectivity index (χ1v) is 11.5. The van der Waals surface area contributed by atoms with Gasteiger partial charge < -0.3 is 25.4 Å². The number of rotatable bonds is 10. The van der Waals surface area contributed by atoms with E-state index in [9.17, 15) is 14.7 Å². The number of benzene rings is 2. The number of hydrogen-bond donors (Lipinski definition) is 3. The molecule has 0 saturated carbocycles. The van der Waals surface area contributed by atoms with E-state index in [-0.39, 0.29) is 11.5 Å². The second-order valence-electron chi connectivity index (χ2n) is 8.06. The Kier molecular flexibility index (Phi) is 9.87. The lowest BCUT2D eigenvalue weighted by atomic mass is 10.1. The Labute approximate surface area is 200 Å². The number of carboxylic acid groups (broad SMARTS) is 1. The summed E-state index contributed by atoms with van der Waals surface area (Å²) in [5, 5.41) is 15.5. The van der Waals surface area contributed by atoms with Crippen molar-refractivity contribution in [1.29, 1.82) is 0 Å². The zero-order valence-corrected chi connectivity index (χ0v) is 19.6. The second-order valence-corrected chi connectivity index (χ2v) is 8.06. The number of amides is 1. The highest BCUT2D eigenvalue weighted by atomic mass is 16.5. The fraction of sp³-hybridized carbons (Fsp3) is 0.400. The van der Waals surface area contributed by atoms with Crippen LogP contribution in [0.1, 0.15) is 15.9 Å². The molecule has 0 atom stereocenters. The van der Waals surface area contributed by atoms with Gasteiger partial charge in [-0.2, -0.15) is 0 Å². The lowest BCUT2D eigenvalue weighted by molar-refractivity contribution is -0.122. The predicted octanol–water partition coefficient (Wildman–Crippen LogP) is 1.78. The highest BCUT2D eigenvalue weighted by Crippen LogP contribution is 2.13. The highest BCUT2D eigenvalue weighted by molar-refractivity contribution is 5.96. The van der Waals surface area contributed by atoms with Gasteiger partial charge in [0.1, 0.15) is 0 Å². The van der Waals surface area contributed by atoms with Gasteiger partial charge in [0.25, 0.3) is 0 Å². The number of hydrogen-bond acceptors (Lipinski definition) is 5. The van der Waals surface area contributed by atoms with E-state index < -0.39 is 5.97 Å². The summed E-state index contributed by atoms with van der Waals surface area (Å²) in [6, 6.07) is 16.9. The van der Waals surface area contributed by atoms with Gasteiger partial charge in [0.15, 0.2) is 5.96 Å². The molecule has 3 N–H and O–H groups in total. The van der Waals surface area contributed by atoms with Crippen molar-refractivity contribution in [3.63, 3.8) is 0 Å². The number of nitrogens with zero attached hydrogens (tertiary/aromatic N) is 3. The summed E-state index contributed by atoms with van der Waals surface area (Å²) in [6.07, 6.45) is 0.808. The number of anilines is 1. The Morgan fingerprint density at radius 2 is 1.82 bits per heavy atom. The SMILES string of the molecule is COCCNC(=O)CN1CCN(C(=NCCc2ccccc2)Nc2cccc(C(=O)O)c2)CC1. The molecule has 9 heteroatoms. The monoisotopic (exact) mass is 467 g/mol. The molecule has 0 aliphatic carbocycles. The van der Waals surface area contributed by atoms with E-state index in [1.165, 1.54) is 5.56 Å². The third-order valence-corrected chi connectivity index (χ3v) is 5.54. The number of guanidine groups is 1. The average molecular weight is 468 g/mol. The molecule has 2 aromatic carbocycles. The number of ether oxygens (including phenoxy) is 1. The van der Waals surface area contributed by atoms with Crippen molar-refractivity contribution in [3.8, 4) is 0 Å². The van der Waals surface area contributed by atoms with Crippen LogP contribution in [-0.4, -0.2) is 92.3 Å². The molecule has 34 heavy (non-hydrogen) atoms. The quantitative estimate of drug-likeness (QED) is 0.278. The summed E-state index contributed by atoms with van der Waals surface area (Å²) >= 11 is 0. The van der Waals surface area contributed by atoms with E-state index in [0.717, 1.165) is 19.5 Å². The zero-order valence-electron chi connectivity index (χ0n) is 19.6. The van der Waals surface area contributed by atoms with E-state index >= 15 is 0 Å². The minimum atomic E-state index is -0.969. The van der Waals surface area contributed by atoms with Gasteiger partial charge in [-0.1, -0.05) is 36.4 Å². The maximum Gasteiger partial charge on any atom is 0.335 e. The number of aromatic carboxylic acids is 1. The molecule has 2 aromatic rings. The topological polar surface area (TPSA) is 107 Å². The molecule has 0 spiro atoms. The third-order valence-electron chi connectivity index (χ3n) is 5.54. The van der Waals surface area contributed by atoms with Gasteiger partial charge in [-0.05, 0) is 30.2 Å². The van der Waals surface area contributed by atoms with Crippen LogP contribution in [0.25, 0.3) is 0 Å². The number of aliphatic imine (C=N–C) groups is 1. The summed E-state index contributed by atoms with van der Waals surface area (Å²) in [5.41, 5.74) is 2.11. The summed E-state index contributed by atoms with van der Waals surface area (Å²) in [4.78, 5) is 32.6. The van der Waals surface area contributed by atoms with Crippen molar-refractivity contribution in [3.05, 3.63) is 65.7 Å². The second kappa shape index (κ2) is 13.3. The molecule has 1 aliphatic rings. The van der Waals surface area contributed by atoms with E-state index in [2.05, 4.69) is 32.6 Å². The molecular formula is C25H33N5O4. The van der Waals surface area contributed by atoms with Crippen molar-refractivity contribution in [2.45, 2.75) is 6.42 Å². The van der Waals surface area contributed by atoms with Gasteiger partial charge in [0.2, 0.25) is 5.91 Å². The molecule has 0 unspecified atom stereocenters. The highest BCUT2D eigenvalue weighted by Gasteiger charge is 2.21. The van der Waals surface area contributed by atoms with Crippen molar-refractivity contribution < 1.29 is 19.4 Å². The third kappa shape index (κ3) is 8.17. The van der Waals surface area contributed by atoms with Crippen LogP contribution >= 0.6 is 0 Å². The van der Waals surface area contributed by atoms with Crippen LogP contribution in [0.2, 0.25) is 0 Å². The van der Waals surface area contributed by atoms with Crippen molar-refractivity contribution in [2.24, 2.45) is 4.99 Å². The largest absolute Gasteiger partial charge is 0.478 e. The molecule has 182 valence electrons. The Morgan fingerprint density at radius 3 is 2.53 bits per heavy atom. The van der Waals surface area contributed by atoms with Gasteiger partial charge >= 0.3 is 5.97 Å². The summed E-state index contributed by atoms with van der Waals surface area (Å²) in [5.74, 6) is -0.267. The van der Waals surface area contributed by atoms with Crippen LogP contribution in [0.5, 0.6) is 0 Å². The maximum absolute atomic E-state index is 12.1. The molecule has 1 heterocycles. The van der Waals surface area contributed by atoms with E-state index in [1.807, 2.05) is 24.3 Å². The first kappa shape index (κ1) is 25.2. The molecule has 0 bridgehead atoms. The lowest BCUT2D eigenvalue weighted by Gasteiger charge is -2.36. The van der Waals surface area contributed by atoms with Crippen LogP contribution in [0.4, 0.5) is 5.69 Å². The smallest absolute Gasteiger partial charge is 0.335 e. The molecule has 1 saturated heterocycles. The van der Waals surface area contributed by atoms with Gasteiger partial charge in [-0.25, -0.2) is 4.79 Å². The van der Waals surface area contributed by atoms with Crippen LogP contribution in [0.15, 0.2) is 59.6 Å². The van der Waals surface area contributed by atoms with Gasteiger partial charge in [-0.3, -0.25) is 14.7 Å². The molecule has 1 aliphatic heterocycles. The first-order valence-electron chi connectivity index (χ1n) is 11.5. The van der Waals surface area contributed by atoms with Crippen LogP contribution in [0, 0.1) is 0 Å². The number of carboxylic acids is 1. The number of methoxy groups -OCH3 is 1. The van der Waals surface area contributed by atoms with Crippen molar-refractivity contribution in [2.75, 3.05) is 64.8 Å². The van der Waals surface area contributed by atoms with E-state index in [1.54, 1.807) is 25.3 Å². The van der Waals surface area contributed by atoms with E-state index in [4.69, 9.17) is 9.73 Å². The molecule has 1 amide bonds. The summed E-state index contributed by atoms with van der Waals surface area (Å²) in [7, 11) is 1.61. The van der Waals surface area contributed by atoms with Crippen LogP contribution in [0.3, 0.4) is 0 Å². The minimum Gasteiger partial charge on any atom is -0.478 e. The molecular weight excluding hydrogens is 434 g/mol. The lowest BCUT2D eigenvalue weighted by Crippen LogP contribution is -2.52. The fourth-order valence-corrected chi connectivity index (χ4v) is 3.68. The number of carbonyl (C=O) groups is 2. The average Bonchev–Trinajstić information content (AvgIpc) is 2.85. The van der Waals surface area contributed by atoms with Gasteiger partial charge in [-0.15, -0.1) is 0 Å². The van der Waals surface area contributed by atoms with Crippen LogP contribution in [-0.2, 0) is 16.0 Å². The Hall–Kier alpha value is -3.43. The number of piperazine rings is 1. The fourth-order valence-electron chi connectivity index (χ4n) is 3.68. The Balaban J connectivity index is 1.62. The Bertz CT molecular complexity index is 959. The van der Waals surface area contributed by atoms with Crippen molar-refractivity contribution in [1.82, 2.24) is 15.1 Å². The number of nitrogens with one attached hydrogen (secondary N) is 2. The predicted molar refractivity (Wildman–Crippen MR) is 132 cm³/mol. The standard InChI is InChI=1S/C25H33N5O4/c1-34-17-12-26-23(31)19-29-13-15-30(16-14-29)25(27-11-10-20-6-3-2-4-7-20)28-22-9-5-8-21(18-22)24(32)33/h2-9,18H,10-17,19H2,1H3,(H,26,31)(H,27,28)(H,32,33). The van der Waals surface area contributed by atoms with E-state index in [0.29, 0.717) is 51.0 Å². The Morgan fingerprint density at radius 1 is 1.06 bits per heavy atom. The normalized spacial score (nSPS) is 14.6. The molecule has 3 rings (SSSR count). The molecule has 0 radical (unpaired) electrons. The molecule has 9 nitrogen and oxygen atoms in total.